The second-order valence-electron chi connectivity index (χ2n) is 7.41. The number of hydrogen-bond acceptors (Lipinski definition) is 3. The van der Waals surface area contributed by atoms with Gasteiger partial charge in [-0.05, 0) is 41.7 Å². The average molecular weight is 563 g/mol. The van der Waals surface area contributed by atoms with E-state index in [0.717, 1.165) is 54.9 Å². The van der Waals surface area contributed by atoms with E-state index in [-0.39, 0.29) is 30.1 Å². The van der Waals surface area contributed by atoms with Crippen molar-refractivity contribution in [2.45, 2.75) is 44.8 Å². The fraction of sp³-hybridized carbons (Fsp3) is 0.435. The molecule has 176 valence electrons. The summed E-state index contributed by atoms with van der Waals surface area (Å²) < 4.78 is 49.2. The lowest BCUT2D eigenvalue weighted by Gasteiger charge is -2.22. The van der Waals surface area contributed by atoms with Crippen LogP contribution in [-0.4, -0.2) is 32.3 Å². The van der Waals surface area contributed by atoms with Gasteiger partial charge < -0.3 is 20.1 Å². The molecule has 2 aromatic rings. The molecule has 0 spiro atoms. The lowest BCUT2D eigenvalue weighted by Crippen LogP contribution is -2.36. The molecule has 5 nitrogen and oxygen atoms in total. The number of guanidine groups is 1. The Bertz CT molecular complexity index is 837. The molecule has 0 radical (unpaired) electrons. The van der Waals surface area contributed by atoms with Gasteiger partial charge in [0.1, 0.15) is 0 Å². The van der Waals surface area contributed by atoms with Crippen molar-refractivity contribution in [2.75, 3.05) is 20.3 Å². The highest BCUT2D eigenvalue weighted by Gasteiger charge is 2.29. The summed E-state index contributed by atoms with van der Waals surface area (Å²) in [6.45, 7) is 3.08. The van der Waals surface area contributed by atoms with Crippen molar-refractivity contribution >= 4 is 29.9 Å². The highest BCUT2D eigenvalue weighted by Crippen LogP contribution is 2.29. The number of halogens is 4. The molecular formula is C23H29F3IN3O2. The van der Waals surface area contributed by atoms with Gasteiger partial charge in [0.05, 0.1) is 18.3 Å². The van der Waals surface area contributed by atoms with Gasteiger partial charge in [0.25, 0.3) is 0 Å². The fourth-order valence-electron chi connectivity index (χ4n) is 3.21. The smallest absolute Gasteiger partial charge is 0.381 e. The van der Waals surface area contributed by atoms with Gasteiger partial charge in [0.15, 0.2) is 5.96 Å². The Morgan fingerprint density at radius 1 is 0.938 bits per heavy atom. The molecule has 1 aliphatic rings. The third kappa shape index (κ3) is 8.59. The maximum Gasteiger partial charge on any atom is 0.416 e. The van der Waals surface area contributed by atoms with E-state index in [1.165, 1.54) is 12.1 Å². The molecule has 0 amide bonds. The average Bonchev–Trinajstić information content (AvgIpc) is 2.79. The number of hydrogen-bond donors (Lipinski definition) is 2. The van der Waals surface area contributed by atoms with Crippen molar-refractivity contribution in [1.29, 1.82) is 0 Å². The van der Waals surface area contributed by atoms with Gasteiger partial charge in [-0.3, -0.25) is 4.99 Å². The Kier molecular flexibility index (Phi) is 10.7. The van der Waals surface area contributed by atoms with Crippen LogP contribution in [0.2, 0.25) is 0 Å². The van der Waals surface area contributed by atoms with Crippen LogP contribution in [0.5, 0.6) is 0 Å². The lowest BCUT2D eigenvalue weighted by molar-refractivity contribution is -0.137. The largest absolute Gasteiger partial charge is 0.416 e. The van der Waals surface area contributed by atoms with Gasteiger partial charge in [-0.15, -0.1) is 24.0 Å². The first-order chi connectivity index (χ1) is 14.9. The van der Waals surface area contributed by atoms with E-state index in [1.54, 1.807) is 7.05 Å². The van der Waals surface area contributed by atoms with Gasteiger partial charge in [-0.2, -0.15) is 13.2 Å². The Labute approximate surface area is 203 Å². The predicted octanol–water partition coefficient (Wildman–Crippen LogP) is 4.88. The molecular weight excluding hydrogens is 534 g/mol. The molecule has 9 heteroatoms. The molecule has 0 aliphatic carbocycles. The van der Waals surface area contributed by atoms with Gasteiger partial charge >= 0.3 is 6.18 Å². The molecule has 0 atom stereocenters. The highest BCUT2D eigenvalue weighted by atomic mass is 127. The van der Waals surface area contributed by atoms with Crippen LogP contribution in [0, 0.1) is 0 Å². The maximum absolute atomic E-state index is 12.6. The third-order valence-electron chi connectivity index (χ3n) is 5.10. The number of benzene rings is 2. The van der Waals surface area contributed by atoms with Crippen LogP contribution < -0.4 is 10.6 Å². The van der Waals surface area contributed by atoms with Crippen LogP contribution in [0.4, 0.5) is 13.2 Å². The van der Waals surface area contributed by atoms with E-state index in [0.29, 0.717) is 25.7 Å². The summed E-state index contributed by atoms with van der Waals surface area (Å²) in [4.78, 5) is 4.16. The molecule has 1 saturated heterocycles. The van der Waals surface area contributed by atoms with Crippen LogP contribution in [0.15, 0.2) is 53.5 Å². The minimum atomic E-state index is -4.32. The van der Waals surface area contributed by atoms with Gasteiger partial charge in [-0.25, -0.2) is 0 Å². The van der Waals surface area contributed by atoms with Gasteiger partial charge in [0, 0.05) is 33.4 Å². The second-order valence-corrected chi connectivity index (χ2v) is 7.41. The molecule has 1 fully saturated rings. The van der Waals surface area contributed by atoms with Crippen LogP contribution in [0.25, 0.3) is 0 Å². The number of nitrogens with zero attached hydrogens (tertiary/aromatic N) is 1. The first-order valence-corrected chi connectivity index (χ1v) is 10.3. The highest BCUT2D eigenvalue weighted by molar-refractivity contribution is 14.0. The number of rotatable bonds is 7. The SMILES string of the molecule is CN=C(NCc1ccc(COC2CCOCC2)cc1)NCc1ccc(C(F)(F)F)cc1.I. The number of nitrogens with one attached hydrogen (secondary N) is 2. The summed E-state index contributed by atoms with van der Waals surface area (Å²) in [5.74, 6) is 0.576. The third-order valence-corrected chi connectivity index (χ3v) is 5.10. The van der Waals surface area contributed by atoms with Gasteiger partial charge in [-0.1, -0.05) is 36.4 Å². The lowest BCUT2D eigenvalue weighted by atomic mass is 10.1. The zero-order chi connectivity index (χ0) is 22.1. The Morgan fingerprint density at radius 3 is 1.94 bits per heavy atom. The molecule has 1 heterocycles. The molecule has 0 unspecified atom stereocenters. The van der Waals surface area contributed by atoms with E-state index in [2.05, 4.69) is 27.8 Å². The molecule has 0 aromatic heterocycles. The predicted molar refractivity (Wildman–Crippen MR) is 129 cm³/mol. The minimum absolute atomic E-state index is 0. The molecule has 32 heavy (non-hydrogen) atoms. The summed E-state index contributed by atoms with van der Waals surface area (Å²) in [5, 5.41) is 6.32. The van der Waals surface area contributed by atoms with Crippen molar-refractivity contribution in [1.82, 2.24) is 10.6 Å². The molecule has 3 rings (SSSR count). The Morgan fingerprint density at radius 2 is 1.44 bits per heavy atom. The molecule has 2 N–H and O–H groups in total. The quantitative estimate of drug-likeness (QED) is 0.287. The van der Waals surface area contributed by atoms with Crippen molar-refractivity contribution in [3.63, 3.8) is 0 Å². The summed E-state index contributed by atoms with van der Waals surface area (Å²) in [6, 6.07) is 13.3. The van der Waals surface area contributed by atoms with Crippen LogP contribution in [0.3, 0.4) is 0 Å². The summed E-state index contributed by atoms with van der Waals surface area (Å²) in [5.41, 5.74) is 2.30. The van der Waals surface area contributed by atoms with E-state index >= 15 is 0 Å². The zero-order valence-corrected chi connectivity index (χ0v) is 20.3. The van der Waals surface area contributed by atoms with Gasteiger partial charge in [0.2, 0.25) is 0 Å². The van der Waals surface area contributed by atoms with E-state index in [9.17, 15) is 13.2 Å². The molecule has 0 bridgehead atoms. The standard InChI is InChI=1S/C23H28F3N3O2.HI/c1-27-22(29-15-18-6-8-20(9-7-18)23(24,25)26)28-14-17-2-4-19(5-3-17)16-31-21-10-12-30-13-11-21;/h2-9,21H,10-16H2,1H3,(H2,27,28,29);1H. The van der Waals surface area contributed by atoms with E-state index < -0.39 is 11.7 Å². The molecule has 0 saturated carbocycles. The molecule has 1 aliphatic heterocycles. The summed E-state index contributed by atoms with van der Waals surface area (Å²) >= 11 is 0. The Balaban J connectivity index is 0.00000363. The number of alkyl halides is 3. The number of ether oxygens (including phenoxy) is 2. The Hall–Kier alpha value is -1.85. The minimum Gasteiger partial charge on any atom is -0.381 e. The number of aliphatic imine (C=N–C) groups is 1. The topological polar surface area (TPSA) is 54.9 Å². The normalized spacial score (nSPS) is 15.2. The molecule has 2 aromatic carbocycles. The van der Waals surface area contributed by atoms with Crippen LogP contribution in [-0.2, 0) is 35.3 Å². The maximum atomic E-state index is 12.6. The second kappa shape index (κ2) is 13.0. The zero-order valence-electron chi connectivity index (χ0n) is 18.0. The summed E-state index contributed by atoms with van der Waals surface area (Å²) in [7, 11) is 1.65. The van der Waals surface area contributed by atoms with Crippen molar-refractivity contribution in [3.8, 4) is 0 Å². The van der Waals surface area contributed by atoms with Crippen molar-refractivity contribution in [3.05, 3.63) is 70.8 Å². The summed E-state index contributed by atoms with van der Waals surface area (Å²) in [6.07, 6.45) is -2.16. The van der Waals surface area contributed by atoms with E-state index in [1.807, 2.05) is 12.1 Å². The first-order valence-electron chi connectivity index (χ1n) is 10.3. The fourth-order valence-corrected chi connectivity index (χ4v) is 3.21. The van der Waals surface area contributed by atoms with E-state index in [4.69, 9.17) is 9.47 Å². The van der Waals surface area contributed by atoms with Crippen molar-refractivity contribution in [2.24, 2.45) is 4.99 Å². The van der Waals surface area contributed by atoms with Crippen molar-refractivity contribution < 1.29 is 22.6 Å². The van der Waals surface area contributed by atoms with Crippen LogP contribution in [0.1, 0.15) is 35.1 Å². The van der Waals surface area contributed by atoms with Crippen LogP contribution >= 0.6 is 24.0 Å². The first kappa shape index (κ1) is 26.4. The monoisotopic (exact) mass is 563 g/mol.